The van der Waals surface area contributed by atoms with Gasteiger partial charge in [-0.05, 0) is 71.8 Å². The molecule has 0 radical (unpaired) electrons. The fraction of sp³-hybridized carbons (Fsp3) is 0.143. The average molecular weight is 374 g/mol. The van der Waals surface area contributed by atoms with Crippen LogP contribution in [-0.2, 0) is 6.54 Å². The highest BCUT2D eigenvalue weighted by Crippen LogP contribution is 2.30. The fourth-order valence-electron chi connectivity index (χ4n) is 2.82. The van der Waals surface area contributed by atoms with Gasteiger partial charge in [0.2, 0.25) is 12.3 Å². The Balaban J connectivity index is 1.54. The highest BCUT2D eigenvalue weighted by atomic mass is 32.1. The lowest BCUT2D eigenvalue weighted by Crippen LogP contribution is -1.86. The van der Waals surface area contributed by atoms with Gasteiger partial charge in [-0.15, -0.1) is 21.5 Å². The molecule has 0 amide bonds. The molecule has 2 aromatic heterocycles. The molecule has 0 aliphatic rings. The van der Waals surface area contributed by atoms with E-state index in [4.69, 9.17) is 4.42 Å². The number of rotatable bonds is 5. The maximum absolute atomic E-state index is 5.30. The summed E-state index contributed by atoms with van der Waals surface area (Å²) in [6, 6.07) is 16.3. The molecular formula is C21H18N4OS. The highest BCUT2D eigenvalue weighted by Gasteiger charge is 2.08. The maximum Gasteiger partial charge on any atom is 0.247 e. The number of aromatic nitrogens is 2. The molecule has 4 aromatic rings. The zero-order valence-electron chi connectivity index (χ0n) is 15.1. The molecule has 0 atom stereocenters. The Morgan fingerprint density at radius 3 is 2.48 bits per heavy atom. The molecule has 0 saturated carbocycles. The summed E-state index contributed by atoms with van der Waals surface area (Å²) in [6.45, 7) is 4.81. The van der Waals surface area contributed by atoms with Crippen LogP contribution in [0.5, 0.6) is 0 Å². The third kappa shape index (κ3) is 3.85. The van der Waals surface area contributed by atoms with E-state index in [0.717, 1.165) is 22.4 Å². The number of thiophene rings is 1. The Morgan fingerprint density at radius 2 is 1.78 bits per heavy atom. The van der Waals surface area contributed by atoms with Gasteiger partial charge in [0, 0.05) is 10.4 Å². The normalized spacial score (nSPS) is 11.3. The first-order valence-corrected chi connectivity index (χ1v) is 9.47. The van der Waals surface area contributed by atoms with Gasteiger partial charge in [-0.3, -0.25) is 0 Å². The van der Waals surface area contributed by atoms with Gasteiger partial charge in [0.15, 0.2) is 0 Å². The van der Waals surface area contributed by atoms with Crippen molar-refractivity contribution in [2.45, 2.75) is 20.4 Å². The number of nitrogens with zero attached hydrogens (tertiary/aromatic N) is 4. The third-order valence-corrected chi connectivity index (χ3v) is 5.40. The van der Waals surface area contributed by atoms with E-state index in [-0.39, 0.29) is 0 Å². The van der Waals surface area contributed by atoms with Crippen molar-refractivity contribution in [2.24, 2.45) is 10.2 Å². The van der Waals surface area contributed by atoms with Crippen LogP contribution < -0.4 is 0 Å². The van der Waals surface area contributed by atoms with Crippen molar-refractivity contribution in [2.75, 3.05) is 0 Å². The van der Waals surface area contributed by atoms with E-state index in [1.165, 1.54) is 22.4 Å². The van der Waals surface area contributed by atoms with Gasteiger partial charge in [0.1, 0.15) is 0 Å². The van der Waals surface area contributed by atoms with Crippen molar-refractivity contribution in [3.8, 4) is 22.6 Å². The standard InChI is InChI=1S/C21H18N4OS/c1-14-3-4-17(21-25-23-13-26-21)11-19(14)16-5-7-18(8-6-16)24-22-12-20-15(2)9-10-27-20/h3-11,13H,12H2,1-2H3. The van der Waals surface area contributed by atoms with Gasteiger partial charge in [-0.25, -0.2) is 0 Å². The van der Waals surface area contributed by atoms with Gasteiger partial charge in [0.05, 0.1) is 12.2 Å². The van der Waals surface area contributed by atoms with Crippen LogP contribution in [0.2, 0.25) is 0 Å². The lowest BCUT2D eigenvalue weighted by atomic mass is 9.98. The fourth-order valence-corrected chi connectivity index (χ4v) is 3.64. The van der Waals surface area contributed by atoms with Gasteiger partial charge in [-0.2, -0.15) is 10.2 Å². The van der Waals surface area contributed by atoms with Crippen LogP contribution in [0.15, 0.2) is 75.0 Å². The number of benzene rings is 2. The Kier molecular flexibility index (Phi) is 4.89. The van der Waals surface area contributed by atoms with Crippen LogP contribution in [-0.4, -0.2) is 10.2 Å². The summed E-state index contributed by atoms with van der Waals surface area (Å²) in [6.07, 6.45) is 1.34. The molecule has 0 saturated heterocycles. The van der Waals surface area contributed by atoms with E-state index in [0.29, 0.717) is 12.4 Å². The topological polar surface area (TPSA) is 63.6 Å². The minimum atomic E-state index is 0.519. The summed E-state index contributed by atoms with van der Waals surface area (Å²) >= 11 is 1.72. The second kappa shape index (κ2) is 7.63. The van der Waals surface area contributed by atoms with Crippen LogP contribution >= 0.6 is 11.3 Å². The monoisotopic (exact) mass is 374 g/mol. The van der Waals surface area contributed by atoms with Crippen molar-refractivity contribution >= 4 is 17.0 Å². The zero-order chi connectivity index (χ0) is 18.6. The second-order valence-corrected chi connectivity index (χ2v) is 7.25. The summed E-state index contributed by atoms with van der Waals surface area (Å²) in [5.41, 5.74) is 6.44. The minimum Gasteiger partial charge on any atom is -0.423 e. The summed E-state index contributed by atoms with van der Waals surface area (Å²) in [7, 11) is 0. The van der Waals surface area contributed by atoms with Crippen LogP contribution in [0.4, 0.5) is 5.69 Å². The first-order chi connectivity index (χ1) is 13.2. The number of hydrogen-bond donors (Lipinski definition) is 0. The molecule has 0 aliphatic carbocycles. The largest absolute Gasteiger partial charge is 0.423 e. The smallest absolute Gasteiger partial charge is 0.247 e. The lowest BCUT2D eigenvalue weighted by molar-refractivity contribution is 0.568. The first-order valence-electron chi connectivity index (χ1n) is 8.59. The molecular weight excluding hydrogens is 356 g/mol. The minimum absolute atomic E-state index is 0.519. The molecule has 2 aromatic carbocycles. The molecule has 0 N–H and O–H groups in total. The average Bonchev–Trinajstić information content (AvgIpc) is 3.35. The summed E-state index contributed by atoms with van der Waals surface area (Å²) in [5, 5.41) is 18.5. The summed E-state index contributed by atoms with van der Waals surface area (Å²) in [5.74, 6) is 0.519. The molecule has 4 rings (SSSR count). The highest BCUT2D eigenvalue weighted by molar-refractivity contribution is 7.10. The number of azo groups is 1. The SMILES string of the molecule is Cc1ccc(-c2nnco2)cc1-c1ccc(N=NCc2sccc2C)cc1. The van der Waals surface area contributed by atoms with E-state index in [9.17, 15) is 0 Å². The molecule has 0 spiro atoms. The zero-order valence-corrected chi connectivity index (χ0v) is 15.9. The van der Waals surface area contributed by atoms with Gasteiger partial charge < -0.3 is 4.42 Å². The van der Waals surface area contributed by atoms with E-state index in [1.54, 1.807) is 11.3 Å². The van der Waals surface area contributed by atoms with Gasteiger partial charge >= 0.3 is 0 Å². The van der Waals surface area contributed by atoms with E-state index >= 15 is 0 Å². The molecule has 0 bridgehead atoms. The molecule has 5 nitrogen and oxygen atoms in total. The number of hydrogen-bond acceptors (Lipinski definition) is 6. The Labute approximate surface area is 161 Å². The van der Waals surface area contributed by atoms with Crippen molar-refractivity contribution in [1.29, 1.82) is 0 Å². The molecule has 6 heteroatoms. The third-order valence-electron chi connectivity index (χ3n) is 4.39. The lowest BCUT2D eigenvalue weighted by Gasteiger charge is -2.08. The van der Waals surface area contributed by atoms with Crippen molar-refractivity contribution < 1.29 is 4.42 Å². The Morgan fingerprint density at radius 1 is 0.963 bits per heavy atom. The maximum atomic E-state index is 5.30. The van der Waals surface area contributed by atoms with E-state index in [2.05, 4.69) is 70.0 Å². The van der Waals surface area contributed by atoms with Gasteiger partial charge in [0.25, 0.3) is 0 Å². The Hall–Kier alpha value is -3.12. The molecule has 27 heavy (non-hydrogen) atoms. The predicted octanol–water partition coefficient (Wildman–Crippen LogP) is 6.37. The first kappa shape index (κ1) is 17.3. The second-order valence-electron chi connectivity index (χ2n) is 6.25. The van der Waals surface area contributed by atoms with Gasteiger partial charge in [-0.1, -0.05) is 18.2 Å². The molecule has 0 aliphatic heterocycles. The van der Waals surface area contributed by atoms with Crippen LogP contribution in [0.3, 0.4) is 0 Å². The summed E-state index contributed by atoms with van der Waals surface area (Å²) < 4.78 is 5.30. The number of aryl methyl sites for hydroxylation is 2. The quantitative estimate of drug-likeness (QED) is 0.381. The molecule has 0 unspecified atom stereocenters. The van der Waals surface area contributed by atoms with Crippen LogP contribution in [0, 0.1) is 13.8 Å². The van der Waals surface area contributed by atoms with E-state index in [1.807, 2.05) is 18.2 Å². The van der Waals surface area contributed by atoms with Crippen molar-refractivity contribution in [3.63, 3.8) is 0 Å². The van der Waals surface area contributed by atoms with Crippen molar-refractivity contribution in [3.05, 3.63) is 76.3 Å². The predicted molar refractivity (Wildman–Crippen MR) is 107 cm³/mol. The van der Waals surface area contributed by atoms with Crippen LogP contribution in [0.25, 0.3) is 22.6 Å². The summed E-state index contributed by atoms with van der Waals surface area (Å²) in [4.78, 5) is 1.25. The van der Waals surface area contributed by atoms with Crippen molar-refractivity contribution in [1.82, 2.24) is 10.2 Å². The molecule has 2 heterocycles. The van der Waals surface area contributed by atoms with Crippen LogP contribution in [0.1, 0.15) is 16.0 Å². The molecule has 134 valence electrons. The molecule has 0 fully saturated rings. The van der Waals surface area contributed by atoms with E-state index < -0.39 is 0 Å². The Bertz CT molecular complexity index is 1070.